The predicted molar refractivity (Wildman–Crippen MR) is 79.9 cm³/mol. The van der Waals surface area contributed by atoms with Crippen LogP contribution >= 0.6 is 11.3 Å². The van der Waals surface area contributed by atoms with Gasteiger partial charge in [-0.15, -0.1) is 11.3 Å². The highest BCUT2D eigenvalue weighted by Gasteiger charge is 2.08. The van der Waals surface area contributed by atoms with Gasteiger partial charge in [0.2, 0.25) is 0 Å². The summed E-state index contributed by atoms with van der Waals surface area (Å²) >= 11 is 1.64. The Hall–Kier alpha value is -1.72. The number of aryl methyl sites for hydroxylation is 2. The van der Waals surface area contributed by atoms with E-state index in [2.05, 4.69) is 17.1 Å². The van der Waals surface area contributed by atoms with E-state index < -0.39 is 5.97 Å². The number of thiazole rings is 1. The van der Waals surface area contributed by atoms with Crippen molar-refractivity contribution in [1.29, 1.82) is 0 Å². The van der Waals surface area contributed by atoms with E-state index in [0.29, 0.717) is 6.54 Å². The van der Waals surface area contributed by atoms with Gasteiger partial charge in [0, 0.05) is 18.3 Å². The Morgan fingerprint density at radius 1 is 1.30 bits per heavy atom. The van der Waals surface area contributed by atoms with Gasteiger partial charge in [0.1, 0.15) is 0 Å². The lowest BCUT2D eigenvalue weighted by atomic mass is 10.1. The van der Waals surface area contributed by atoms with Crippen LogP contribution < -0.4 is 0 Å². The molecule has 2 aromatic rings. The highest BCUT2D eigenvalue weighted by Crippen LogP contribution is 2.14. The maximum atomic E-state index is 10.6. The van der Waals surface area contributed by atoms with Gasteiger partial charge < -0.3 is 5.11 Å². The van der Waals surface area contributed by atoms with Crippen molar-refractivity contribution in [2.45, 2.75) is 19.4 Å². The van der Waals surface area contributed by atoms with E-state index in [0.717, 1.165) is 23.5 Å². The first-order chi connectivity index (χ1) is 9.63. The SMILES string of the molecule is CN(CC(=O)O)Cc1csc(CCc2ccccc2)n1. The number of hydrogen-bond acceptors (Lipinski definition) is 4. The number of aliphatic carboxylic acids is 1. The zero-order chi connectivity index (χ0) is 14.4. The molecule has 0 saturated carbocycles. The van der Waals surface area contributed by atoms with Crippen LogP contribution in [0.5, 0.6) is 0 Å². The van der Waals surface area contributed by atoms with E-state index in [4.69, 9.17) is 5.11 Å². The van der Waals surface area contributed by atoms with E-state index in [-0.39, 0.29) is 6.54 Å². The molecule has 5 heteroatoms. The van der Waals surface area contributed by atoms with Crippen molar-refractivity contribution in [1.82, 2.24) is 9.88 Å². The molecule has 0 unspecified atom stereocenters. The van der Waals surface area contributed by atoms with Gasteiger partial charge in [0.15, 0.2) is 0 Å². The Bertz CT molecular complexity index is 554. The average Bonchev–Trinajstić information content (AvgIpc) is 2.84. The van der Waals surface area contributed by atoms with Crippen molar-refractivity contribution in [3.05, 3.63) is 52.0 Å². The first-order valence-corrected chi connectivity index (χ1v) is 7.39. The molecule has 0 atom stereocenters. The summed E-state index contributed by atoms with van der Waals surface area (Å²) in [5.74, 6) is -0.813. The van der Waals surface area contributed by atoms with Crippen LogP contribution in [0.25, 0.3) is 0 Å². The lowest BCUT2D eigenvalue weighted by Gasteiger charge is -2.11. The fraction of sp³-hybridized carbons (Fsp3) is 0.333. The summed E-state index contributed by atoms with van der Waals surface area (Å²) in [5.41, 5.74) is 2.26. The first kappa shape index (κ1) is 14.7. The highest BCUT2D eigenvalue weighted by atomic mass is 32.1. The third-order valence-electron chi connectivity index (χ3n) is 2.91. The van der Waals surface area contributed by atoms with Gasteiger partial charge in [-0.05, 0) is 19.0 Å². The molecule has 4 nitrogen and oxygen atoms in total. The molecule has 0 spiro atoms. The number of carbonyl (C=O) groups is 1. The lowest BCUT2D eigenvalue weighted by Crippen LogP contribution is -2.25. The largest absolute Gasteiger partial charge is 0.480 e. The Morgan fingerprint density at radius 3 is 2.75 bits per heavy atom. The van der Waals surface area contributed by atoms with Crippen LogP contribution in [0.4, 0.5) is 0 Å². The first-order valence-electron chi connectivity index (χ1n) is 6.51. The molecule has 1 N–H and O–H groups in total. The minimum absolute atomic E-state index is 0.0386. The molecule has 0 aliphatic rings. The smallest absolute Gasteiger partial charge is 0.317 e. The number of carboxylic acid groups (broad SMARTS) is 1. The standard InChI is InChI=1S/C15H18N2O2S/c1-17(10-15(18)19)9-13-11-20-14(16-13)8-7-12-5-3-2-4-6-12/h2-6,11H,7-10H2,1H3,(H,18,19). The van der Waals surface area contributed by atoms with Crippen LogP contribution in [0.1, 0.15) is 16.3 Å². The molecule has 0 aliphatic heterocycles. The molecule has 20 heavy (non-hydrogen) atoms. The zero-order valence-electron chi connectivity index (χ0n) is 11.5. The Balaban J connectivity index is 1.84. The fourth-order valence-corrected chi connectivity index (χ4v) is 2.78. The Labute approximate surface area is 122 Å². The third-order valence-corrected chi connectivity index (χ3v) is 3.86. The molecule has 0 amide bonds. The number of benzene rings is 1. The van der Waals surface area contributed by atoms with Gasteiger partial charge in [-0.2, -0.15) is 0 Å². The number of likely N-dealkylation sites (N-methyl/N-ethyl adjacent to an activating group) is 1. The van der Waals surface area contributed by atoms with Gasteiger partial charge in [-0.25, -0.2) is 4.98 Å². The van der Waals surface area contributed by atoms with Crippen molar-refractivity contribution >= 4 is 17.3 Å². The second kappa shape index (κ2) is 7.17. The van der Waals surface area contributed by atoms with Crippen LogP contribution in [0.3, 0.4) is 0 Å². The topological polar surface area (TPSA) is 53.4 Å². The summed E-state index contributed by atoms with van der Waals surface area (Å²) in [6.45, 7) is 0.616. The highest BCUT2D eigenvalue weighted by molar-refractivity contribution is 7.09. The van der Waals surface area contributed by atoms with Gasteiger partial charge in [-0.1, -0.05) is 30.3 Å². The molecule has 1 aromatic carbocycles. The van der Waals surface area contributed by atoms with Crippen molar-refractivity contribution in [2.24, 2.45) is 0 Å². The van der Waals surface area contributed by atoms with Gasteiger partial charge in [-0.3, -0.25) is 9.69 Å². The van der Waals surface area contributed by atoms with Crippen molar-refractivity contribution in [3.63, 3.8) is 0 Å². The molecule has 2 rings (SSSR count). The Kier molecular flexibility index (Phi) is 5.26. The van der Waals surface area contributed by atoms with Gasteiger partial charge >= 0.3 is 5.97 Å². The second-order valence-electron chi connectivity index (χ2n) is 4.78. The number of aromatic nitrogens is 1. The molecular weight excluding hydrogens is 272 g/mol. The molecule has 0 radical (unpaired) electrons. The monoisotopic (exact) mass is 290 g/mol. The lowest BCUT2D eigenvalue weighted by molar-refractivity contribution is -0.138. The summed E-state index contributed by atoms with van der Waals surface area (Å²) < 4.78 is 0. The number of rotatable bonds is 7. The van der Waals surface area contributed by atoms with Crippen molar-refractivity contribution in [2.75, 3.05) is 13.6 Å². The van der Waals surface area contributed by atoms with Crippen LogP contribution in [-0.4, -0.2) is 34.6 Å². The van der Waals surface area contributed by atoms with Gasteiger partial charge in [0.05, 0.1) is 17.2 Å². The van der Waals surface area contributed by atoms with Gasteiger partial charge in [0.25, 0.3) is 0 Å². The summed E-state index contributed by atoms with van der Waals surface area (Å²) in [6.07, 6.45) is 1.91. The van der Waals surface area contributed by atoms with E-state index in [1.807, 2.05) is 23.6 Å². The molecule has 106 valence electrons. The maximum absolute atomic E-state index is 10.6. The van der Waals surface area contributed by atoms with Crippen LogP contribution in [0.2, 0.25) is 0 Å². The predicted octanol–water partition coefficient (Wildman–Crippen LogP) is 2.44. The minimum atomic E-state index is -0.813. The summed E-state index contributed by atoms with van der Waals surface area (Å²) in [5, 5.41) is 11.8. The van der Waals surface area contributed by atoms with Crippen LogP contribution in [0.15, 0.2) is 35.7 Å². The molecule has 1 aromatic heterocycles. The Morgan fingerprint density at radius 2 is 2.05 bits per heavy atom. The number of nitrogens with zero attached hydrogens (tertiary/aromatic N) is 2. The van der Waals surface area contributed by atoms with Crippen molar-refractivity contribution in [3.8, 4) is 0 Å². The number of carboxylic acids is 1. The van der Waals surface area contributed by atoms with Crippen molar-refractivity contribution < 1.29 is 9.90 Å². The van der Waals surface area contributed by atoms with Crippen LogP contribution in [-0.2, 0) is 24.2 Å². The van der Waals surface area contributed by atoms with E-state index in [1.165, 1.54) is 5.56 Å². The molecule has 0 saturated heterocycles. The molecular formula is C15H18N2O2S. The zero-order valence-corrected chi connectivity index (χ0v) is 12.3. The maximum Gasteiger partial charge on any atom is 0.317 e. The van der Waals surface area contributed by atoms with E-state index in [1.54, 1.807) is 23.3 Å². The minimum Gasteiger partial charge on any atom is -0.480 e. The third kappa shape index (κ3) is 4.75. The van der Waals surface area contributed by atoms with E-state index in [9.17, 15) is 4.79 Å². The normalized spacial score (nSPS) is 10.9. The van der Waals surface area contributed by atoms with Crippen LogP contribution in [0, 0.1) is 0 Å². The summed E-state index contributed by atoms with van der Waals surface area (Å²) in [4.78, 5) is 16.9. The quantitative estimate of drug-likeness (QED) is 0.851. The summed E-state index contributed by atoms with van der Waals surface area (Å²) in [6, 6.07) is 10.3. The summed E-state index contributed by atoms with van der Waals surface area (Å²) in [7, 11) is 1.79. The van der Waals surface area contributed by atoms with E-state index >= 15 is 0 Å². The average molecular weight is 290 g/mol. The number of hydrogen-bond donors (Lipinski definition) is 1. The second-order valence-corrected chi connectivity index (χ2v) is 5.73. The molecule has 0 bridgehead atoms. The molecule has 0 fully saturated rings. The molecule has 0 aliphatic carbocycles. The fourth-order valence-electron chi connectivity index (χ4n) is 2.00. The molecule has 1 heterocycles.